The minimum absolute atomic E-state index is 0.353. The van der Waals surface area contributed by atoms with Crippen LogP contribution in [0.15, 0.2) is 24.8 Å². The van der Waals surface area contributed by atoms with Gasteiger partial charge in [-0.15, -0.1) is 0 Å². The van der Waals surface area contributed by atoms with Gasteiger partial charge in [-0.1, -0.05) is 6.92 Å². The van der Waals surface area contributed by atoms with Gasteiger partial charge in [0.15, 0.2) is 5.82 Å². The molecule has 0 amide bonds. The standard InChI is InChI=1S/C13H17N5/c1-2-12-16-6-7-18(12)13-9-14-8-11(17-13)10-4-3-5-15-10/h6-10,15H,2-5H2,1H3/t10-/m1/s1. The Morgan fingerprint density at radius 3 is 3.17 bits per heavy atom. The van der Waals surface area contributed by atoms with Crippen LogP contribution in [0, 0.1) is 0 Å². The van der Waals surface area contributed by atoms with E-state index in [2.05, 4.69) is 22.2 Å². The van der Waals surface area contributed by atoms with Gasteiger partial charge in [0.2, 0.25) is 0 Å². The van der Waals surface area contributed by atoms with E-state index in [1.54, 1.807) is 12.4 Å². The van der Waals surface area contributed by atoms with Gasteiger partial charge in [-0.2, -0.15) is 0 Å². The molecule has 1 fully saturated rings. The number of aromatic nitrogens is 4. The summed E-state index contributed by atoms with van der Waals surface area (Å²) in [5.41, 5.74) is 1.03. The van der Waals surface area contributed by atoms with Crippen molar-refractivity contribution in [3.05, 3.63) is 36.3 Å². The first-order chi connectivity index (χ1) is 8.88. The van der Waals surface area contributed by atoms with Gasteiger partial charge in [0.25, 0.3) is 0 Å². The lowest BCUT2D eigenvalue weighted by Crippen LogP contribution is -2.15. The fourth-order valence-electron chi connectivity index (χ4n) is 2.40. The van der Waals surface area contributed by atoms with E-state index in [9.17, 15) is 0 Å². The highest BCUT2D eigenvalue weighted by Gasteiger charge is 2.18. The summed E-state index contributed by atoms with van der Waals surface area (Å²) in [6.07, 6.45) is 10.6. The molecule has 3 heterocycles. The van der Waals surface area contributed by atoms with Crippen LogP contribution in [0.25, 0.3) is 5.82 Å². The molecular weight excluding hydrogens is 226 g/mol. The van der Waals surface area contributed by atoms with E-state index >= 15 is 0 Å². The van der Waals surface area contributed by atoms with Gasteiger partial charge in [-0.25, -0.2) is 9.97 Å². The quantitative estimate of drug-likeness (QED) is 0.890. The fraction of sp³-hybridized carbons (Fsp3) is 0.462. The van der Waals surface area contributed by atoms with Gasteiger partial charge in [0.1, 0.15) is 5.82 Å². The molecule has 2 aromatic rings. The maximum atomic E-state index is 4.70. The molecular formula is C13H17N5. The van der Waals surface area contributed by atoms with E-state index in [1.165, 1.54) is 6.42 Å². The summed E-state index contributed by atoms with van der Waals surface area (Å²) in [6.45, 7) is 3.16. The van der Waals surface area contributed by atoms with Gasteiger partial charge in [-0.05, 0) is 19.4 Å². The highest BCUT2D eigenvalue weighted by Crippen LogP contribution is 2.21. The second-order valence-electron chi connectivity index (χ2n) is 4.52. The van der Waals surface area contributed by atoms with E-state index in [0.29, 0.717) is 6.04 Å². The minimum Gasteiger partial charge on any atom is -0.309 e. The summed E-state index contributed by atoms with van der Waals surface area (Å²) in [4.78, 5) is 13.3. The lowest BCUT2D eigenvalue weighted by atomic mass is 10.2. The molecule has 1 atom stereocenters. The Hall–Kier alpha value is -1.75. The normalized spacial score (nSPS) is 19.3. The van der Waals surface area contributed by atoms with Crippen molar-refractivity contribution in [2.75, 3.05) is 6.54 Å². The average Bonchev–Trinajstić information content (AvgIpc) is 3.10. The summed E-state index contributed by atoms with van der Waals surface area (Å²) in [5, 5.41) is 3.45. The van der Waals surface area contributed by atoms with Gasteiger partial charge in [0, 0.05) is 18.8 Å². The van der Waals surface area contributed by atoms with Gasteiger partial charge in [-0.3, -0.25) is 9.55 Å². The average molecular weight is 243 g/mol. The molecule has 94 valence electrons. The van der Waals surface area contributed by atoms with Crippen LogP contribution in [0.4, 0.5) is 0 Å². The lowest BCUT2D eigenvalue weighted by molar-refractivity contribution is 0.621. The first kappa shape index (κ1) is 11.3. The van der Waals surface area contributed by atoms with Crippen LogP contribution < -0.4 is 5.32 Å². The number of nitrogens with one attached hydrogen (secondary N) is 1. The second-order valence-corrected chi connectivity index (χ2v) is 4.52. The summed E-state index contributed by atoms with van der Waals surface area (Å²) in [6, 6.07) is 0.353. The Morgan fingerprint density at radius 1 is 1.44 bits per heavy atom. The van der Waals surface area contributed by atoms with Crippen molar-refractivity contribution >= 4 is 0 Å². The summed E-state index contributed by atoms with van der Waals surface area (Å²) >= 11 is 0. The second kappa shape index (κ2) is 4.86. The van der Waals surface area contributed by atoms with E-state index in [4.69, 9.17) is 4.98 Å². The topological polar surface area (TPSA) is 55.6 Å². The molecule has 1 aliphatic rings. The van der Waals surface area contributed by atoms with Crippen LogP contribution >= 0.6 is 0 Å². The molecule has 0 aliphatic carbocycles. The third kappa shape index (κ3) is 2.01. The molecule has 5 nitrogen and oxygen atoms in total. The Morgan fingerprint density at radius 2 is 2.39 bits per heavy atom. The molecule has 0 aromatic carbocycles. The molecule has 2 aromatic heterocycles. The molecule has 0 radical (unpaired) electrons. The van der Waals surface area contributed by atoms with Crippen molar-refractivity contribution in [3.8, 4) is 5.82 Å². The highest BCUT2D eigenvalue weighted by atomic mass is 15.1. The zero-order valence-electron chi connectivity index (χ0n) is 10.5. The molecule has 1 saturated heterocycles. The molecule has 18 heavy (non-hydrogen) atoms. The number of rotatable bonds is 3. The predicted octanol–water partition coefficient (Wildman–Crippen LogP) is 1.65. The smallest absolute Gasteiger partial charge is 0.156 e. The number of hydrogen-bond donors (Lipinski definition) is 1. The van der Waals surface area contributed by atoms with Crippen LogP contribution in [-0.2, 0) is 6.42 Å². The third-order valence-electron chi connectivity index (χ3n) is 3.34. The molecule has 3 rings (SSSR count). The van der Waals surface area contributed by atoms with Crippen molar-refractivity contribution in [1.29, 1.82) is 0 Å². The molecule has 1 N–H and O–H groups in total. The van der Waals surface area contributed by atoms with Crippen molar-refractivity contribution in [2.24, 2.45) is 0 Å². The van der Waals surface area contributed by atoms with Crippen LogP contribution in [0.2, 0.25) is 0 Å². The highest BCUT2D eigenvalue weighted by molar-refractivity contribution is 5.24. The van der Waals surface area contributed by atoms with E-state index < -0.39 is 0 Å². The number of nitrogens with zero attached hydrogens (tertiary/aromatic N) is 4. The summed E-state index contributed by atoms with van der Waals surface area (Å²) < 4.78 is 2.01. The lowest BCUT2D eigenvalue weighted by Gasteiger charge is -2.11. The first-order valence-corrected chi connectivity index (χ1v) is 6.46. The van der Waals surface area contributed by atoms with Crippen LogP contribution in [0.3, 0.4) is 0 Å². The Kier molecular flexibility index (Phi) is 3.06. The molecule has 5 heteroatoms. The van der Waals surface area contributed by atoms with Crippen molar-refractivity contribution in [3.63, 3.8) is 0 Å². The Bertz CT molecular complexity index is 528. The first-order valence-electron chi connectivity index (χ1n) is 6.46. The predicted molar refractivity (Wildman–Crippen MR) is 68.5 cm³/mol. The van der Waals surface area contributed by atoms with Gasteiger partial charge >= 0.3 is 0 Å². The maximum absolute atomic E-state index is 4.70. The summed E-state index contributed by atoms with van der Waals surface area (Å²) in [5.74, 6) is 1.87. The SMILES string of the molecule is CCc1nccn1-c1cncc([C@H]2CCCN2)n1. The number of imidazole rings is 1. The molecule has 0 bridgehead atoms. The molecule has 0 spiro atoms. The largest absolute Gasteiger partial charge is 0.309 e. The zero-order chi connectivity index (χ0) is 12.4. The van der Waals surface area contributed by atoms with Crippen LogP contribution in [-0.4, -0.2) is 26.1 Å². The van der Waals surface area contributed by atoms with E-state index in [1.807, 2.05) is 17.0 Å². The van der Waals surface area contributed by atoms with Gasteiger partial charge in [0.05, 0.1) is 24.1 Å². The van der Waals surface area contributed by atoms with Crippen molar-refractivity contribution in [2.45, 2.75) is 32.2 Å². The Balaban J connectivity index is 1.95. The number of aryl methyl sites for hydroxylation is 1. The summed E-state index contributed by atoms with van der Waals surface area (Å²) in [7, 11) is 0. The zero-order valence-corrected chi connectivity index (χ0v) is 10.5. The molecule has 0 saturated carbocycles. The van der Waals surface area contributed by atoms with E-state index in [-0.39, 0.29) is 0 Å². The Labute approximate surface area is 106 Å². The third-order valence-corrected chi connectivity index (χ3v) is 3.34. The van der Waals surface area contributed by atoms with E-state index in [0.717, 1.165) is 36.7 Å². The minimum atomic E-state index is 0.353. The number of hydrogen-bond acceptors (Lipinski definition) is 4. The van der Waals surface area contributed by atoms with Crippen molar-refractivity contribution < 1.29 is 0 Å². The van der Waals surface area contributed by atoms with Gasteiger partial charge < -0.3 is 5.32 Å². The van der Waals surface area contributed by atoms with Crippen LogP contribution in [0.1, 0.15) is 37.3 Å². The molecule has 1 aliphatic heterocycles. The molecule has 0 unspecified atom stereocenters. The monoisotopic (exact) mass is 243 g/mol. The van der Waals surface area contributed by atoms with Crippen LogP contribution in [0.5, 0.6) is 0 Å². The maximum Gasteiger partial charge on any atom is 0.156 e. The van der Waals surface area contributed by atoms with Crippen molar-refractivity contribution in [1.82, 2.24) is 24.8 Å². The fourth-order valence-corrected chi connectivity index (χ4v) is 2.40.